The SMILES string of the molecule is ClCCCCOC(c1ccccc1)(c1ccccc1)c1ccccc1. The van der Waals surface area contributed by atoms with Gasteiger partial charge in [0.25, 0.3) is 0 Å². The molecule has 1 nitrogen and oxygen atoms in total. The monoisotopic (exact) mass is 350 g/mol. The van der Waals surface area contributed by atoms with E-state index in [1.165, 1.54) is 0 Å². The van der Waals surface area contributed by atoms with Crippen molar-refractivity contribution < 1.29 is 4.74 Å². The van der Waals surface area contributed by atoms with Crippen LogP contribution >= 0.6 is 11.6 Å². The van der Waals surface area contributed by atoms with E-state index in [1.54, 1.807) is 0 Å². The Morgan fingerprint density at radius 1 is 0.600 bits per heavy atom. The minimum absolute atomic E-state index is 0.615. The first-order valence-corrected chi connectivity index (χ1v) is 9.28. The normalized spacial score (nSPS) is 11.4. The van der Waals surface area contributed by atoms with E-state index in [-0.39, 0.29) is 0 Å². The minimum atomic E-state index is -0.615. The summed E-state index contributed by atoms with van der Waals surface area (Å²) in [7, 11) is 0. The van der Waals surface area contributed by atoms with Gasteiger partial charge < -0.3 is 4.74 Å². The Morgan fingerprint density at radius 2 is 1.00 bits per heavy atom. The van der Waals surface area contributed by atoms with Crippen molar-refractivity contribution in [3.05, 3.63) is 108 Å². The van der Waals surface area contributed by atoms with Gasteiger partial charge in [0, 0.05) is 12.5 Å². The number of benzene rings is 3. The third-order valence-corrected chi connectivity index (χ3v) is 4.65. The molecular weight excluding hydrogens is 328 g/mol. The molecule has 0 bridgehead atoms. The molecule has 128 valence electrons. The maximum Gasteiger partial charge on any atom is 0.143 e. The molecule has 0 aliphatic rings. The molecule has 0 amide bonds. The Kier molecular flexibility index (Phi) is 6.27. The largest absolute Gasteiger partial charge is 0.361 e. The van der Waals surface area contributed by atoms with Crippen LogP contribution in [0.5, 0.6) is 0 Å². The fraction of sp³-hybridized carbons (Fsp3) is 0.217. The van der Waals surface area contributed by atoms with Crippen LogP contribution in [0.1, 0.15) is 29.5 Å². The molecule has 0 saturated carbocycles. The zero-order valence-electron chi connectivity index (χ0n) is 14.3. The highest BCUT2D eigenvalue weighted by Crippen LogP contribution is 2.40. The highest BCUT2D eigenvalue weighted by Gasteiger charge is 2.37. The van der Waals surface area contributed by atoms with Crippen LogP contribution in [0, 0.1) is 0 Å². The van der Waals surface area contributed by atoms with Gasteiger partial charge in [-0.3, -0.25) is 0 Å². The van der Waals surface area contributed by atoms with Gasteiger partial charge in [0.05, 0.1) is 0 Å². The second-order valence-electron chi connectivity index (χ2n) is 6.02. The average Bonchev–Trinajstić information content (AvgIpc) is 2.70. The molecule has 0 aliphatic carbocycles. The van der Waals surface area contributed by atoms with E-state index in [1.807, 2.05) is 18.2 Å². The molecule has 3 rings (SSSR count). The molecule has 0 aromatic heterocycles. The van der Waals surface area contributed by atoms with E-state index in [0.717, 1.165) is 29.5 Å². The quantitative estimate of drug-likeness (QED) is 0.274. The van der Waals surface area contributed by atoms with Gasteiger partial charge in [-0.25, -0.2) is 0 Å². The van der Waals surface area contributed by atoms with Gasteiger partial charge in [-0.15, -0.1) is 11.6 Å². The molecule has 0 fully saturated rings. The van der Waals surface area contributed by atoms with Crippen molar-refractivity contribution in [1.82, 2.24) is 0 Å². The maximum absolute atomic E-state index is 6.63. The number of unbranched alkanes of at least 4 members (excludes halogenated alkanes) is 1. The van der Waals surface area contributed by atoms with Crippen molar-refractivity contribution in [3.63, 3.8) is 0 Å². The van der Waals surface area contributed by atoms with Crippen molar-refractivity contribution in [2.24, 2.45) is 0 Å². The number of halogens is 1. The molecule has 25 heavy (non-hydrogen) atoms. The molecule has 0 saturated heterocycles. The molecule has 0 aliphatic heterocycles. The minimum Gasteiger partial charge on any atom is -0.361 e. The van der Waals surface area contributed by atoms with E-state index in [9.17, 15) is 0 Å². The molecule has 2 heteroatoms. The van der Waals surface area contributed by atoms with E-state index in [0.29, 0.717) is 12.5 Å². The Balaban J connectivity index is 2.13. The molecular formula is C23H23ClO. The van der Waals surface area contributed by atoms with Crippen LogP contribution < -0.4 is 0 Å². The summed E-state index contributed by atoms with van der Waals surface area (Å²) in [6, 6.07) is 31.4. The maximum atomic E-state index is 6.63. The van der Waals surface area contributed by atoms with Gasteiger partial charge in [-0.1, -0.05) is 91.0 Å². The summed E-state index contributed by atoms with van der Waals surface area (Å²) in [4.78, 5) is 0. The standard InChI is InChI=1S/C23H23ClO/c24-18-10-11-19-25-23(20-12-4-1-5-13-20,21-14-6-2-7-15-21)22-16-8-3-9-17-22/h1-9,12-17H,10-11,18-19H2. The fourth-order valence-electron chi connectivity index (χ4n) is 3.19. The lowest BCUT2D eigenvalue weighted by atomic mass is 9.80. The van der Waals surface area contributed by atoms with E-state index >= 15 is 0 Å². The topological polar surface area (TPSA) is 9.23 Å². The highest BCUT2D eigenvalue weighted by molar-refractivity contribution is 6.17. The zero-order chi connectivity index (χ0) is 17.4. The lowest BCUT2D eigenvalue weighted by Crippen LogP contribution is -2.33. The van der Waals surface area contributed by atoms with Crippen LogP contribution in [-0.4, -0.2) is 12.5 Å². The van der Waals surface area contributed by atoms with Crippen LogP contribution in [-0.2, 0) is 10.3 Å². The Hall–Kier alpha value is -2.09. The highest BCUT2D eigenvalue weighted by atomic mass is 35.5. The first kappa shape index (κ1) is 17.7. The second kappa shape index (κ2) is 8.84. The third kappa shape index (κ3) is 3.95. The van der Waals surface area contributed by atoms with Gasteiger partial charge >= 0.3 is 0 Å². The zero-order valence-corrected chi connectivity index (χ0v) is 15.0. The predicted molar refractivity (Wildman–Crippen MR) is 105 cm³/mol. The Morgan fingerprint density at radius 3 is 1.36 bits per heavy atom. The summed E-state index contributed by atoms with van der Waals surface area (Å²) >= 11 is 5.85. The Labute approximate surface area is 155 Å². The van der Waals surface area contributed by atoms with Crippen LogP contribution in [0.2, 0.25) is 0 Å². The number of hydrogen-bond acceptors (Lipinski definition) is 1. The van der Waals surface area contributed by atoms with E-state index < -0.39 is 5.60 Å². The molecule has 0 spiro atoms. The number of ether oxygens (including phenoxy) is 1. The van der Waals surface area contributed by atoms with Crippen LogP contribution in [0.25, 0.3) is 0 Å². The first-order chi connectivity index (χ1) is 12.4. The summed E-state index contributed by atoms with van der Waals surface area (Å²) in [5.41, 5.74) is 2.80. The van der Waals surface area contributed by atoms with Crippen LogP contribution in [0.3, 0.4) is 0 Å². The molecule has 0 radical (unpaired) electrons. The second-order valence-corrected chi connectivity index (χ2v) is 6.40. The predicted octanol–water partition coefficient (Wildman–Crippen LogP) is 6.01. The Bertz CT molecular complexity index is 644. The molecule has 0 heterocycles. The number of hydrogen-bond donors (Lipinski definition) is 0. The lowest BCUT2D eigenvalue weighted by Gasteiger charge is -2.36. The first-order valence-electron chi connectivity index (χ1n) is 8.74. The lowest BCUT2D eigenvalue weighted by molar-refractivity contribution is 0.0114. The van der Waals surface area contributed by atoms with Crippen molar-refractivity contribution in [3.8, 4) is 0 Å². The molecule has 0 atom stereocenters. The summed E-state index contributed by atoms with van der Waals surface area (Å²) in [6.45, 7) is 0.658. The van der Waals surface area contributed by atoms with Gasteiger partial charge in [0.15, 0.2) is 0 Å². The smallest absolute Gasteiger partial charge is 0.143 e. The van der Waals surface area contributed by atoms with E-state index in [4.69, 9.17) is 16.3 Å². The molecule has 0 unspecified atom stereocenters. The average molecular weight is 351 g/mol. The fourth-order valence-corrected chi connectivity index (χ4v) is 3.38. The van der Waals surface area contributed by atoms with Crippen LogP contribution in [0.4, 0.5) is 0 Å². The molecule has 3 aromatic carbocycles. The van der Waals surface area contributed by atoms with Gasteiger partial charge in [-0.05, 0) is 29.5 Å². The number of alkyl halides is 1. The van der Waals surface area contributed by atoms with Gasteiger partial charge in [0.2, 0.25) is 0 Å². The van der Waals surface area contributed by atoms with Crippen molar-refractivity contribution >= 4 is 11.6 Å². The molecule has 0 N–H and O–H groups in total. The third-order valence-electron chi connectivity index (χ3n) is 4.39. The summed E-state index contributed by atoms with van der Waals surface area (Å²) in [5, 5.41) is 0. The van der Waals surface area contributed by atoms with Gasteiger partial charge in [-0.2, -0.15) is 0 Å². The van der Waals surface area contributed by atoms with Crippen LogP contribution in [0.15, 0.2) is 91.0 Å². The number of rotatable bonds is 8. The molecule has 3 aromatic rings. The summed E-state index contributed by atoms with van der Waals surface area (Å²) in [6.07, 6.45) is 1.90. The van der Waals surface area contributed by atoms with E-state index in [2.05, 4.69) is 72.8 Å². The van der Waals surface area contributed by atoms with Gasteiger partial charge in [0.1, 0.15) is 5.60 Å². The van der Waals surface area contributed by atoms with Crippen molar-refractivity contribution in [1.29, 1.82) is 0 Å². The summed E-state index contributed by atoms with van der Waals surface area (Å²) < 4.78 is 6.63. The van der Waals surface area contributed by atoms with Crippen molar-refractivity contribution in [2.75, 3.05) is 12.5 Å². The van der Waals surface area contributed by atoms with Crippen molar-refractivity contribution in [2.45, 2.75) is 18.4 Å². The summed E-state index contributed by atoms with van der Waals surface area (Å²) in [5.74, 6) is 0.665.